The SMILES string of the molecule is NC(N)=NCCCC1NC(=O)C(Cc2ccccc2)NC(=O)C(NC(=O)c2ccccc2)CCCC(C(=O)O)NC1=O. The minimum atomic E-state index is -1.27. The monoisotopic (exact) mass is 579 g/mol. The molecule has 0 saturated carbocycles. The van der Waals surface area contributed by atoms with E-state index in [2.05, 4.69) is 26.3 Å². The predicted octanol–water partition coefficient (Wildman–Crippen LogP) is -0.196. The van der Waals surface area contributed by atoms with Crippen LogP contribution in [0.1, 0.15) is 48.0 Å². The fourth-order valence-electron chi connectivity index (χ4n) is 4.53. The number of aliphatic imine (C=N–C) groups is 1. The van der Waals surface area contributed by atoms with Gasteiger partial charge in [-0.25, -0.2) is 4.79 Å². The van der Waals surface area contributed by atoms with Crippen molar-refractivity contribution in [3.05, 3.63) is 71.8 Å². The summed E-state index contributed by atoms with van der Waals surface area (Å²) in [4.78, 5) is 69.0. The minimum Gasteiger partial charge on any atom is -0.480 e. The molecule has 9 N–H and O–H groups in total. The molecule has 0 aliphatic carbocycles. The molecule has 0 bridgehead atoms. The van der Waals surface area contributed by atoms with Crippen LogP contribution in [0.5, 0.6) is 0 Å². The normalized spacial score (nSPS) is 21.7. The van der Waals surface area contributed by atoms with E-state index >= 15 is 0 Å². The maximum absolute atomic E-state index is 13.6. The maximum Gasteiger partial charge on any atom is 0.326 e. The zero-order valence-corrected chi connectivity index (χ0v) is 23.1. The second-order valence-corrected chi connectivity index (χ2v) is 9.98. The number of guanidine groups is 1. The van der Waals surface area contributed by atoms with Gasteiger partial charge in [-0.2, -0.15) is 0 Å². The summed E-state index contributed by atoms with van der Waals surface area (Å²) in [5.74, 6) is -3.81. The highest BCUT2D eigenvalue weighted by Crippen LogP contribution is 2.12. The van der Waals surface area contributed by atoms with Gasteiger partial charge >= 0.3 is 5.97 Å². The predicted molar refractivity (Wildman–Crippen MR) is 155 cm³/mol. The molecule has 4 unspecified atom stereocenters. The molecule has 1 aliphatic rings. The van der Waals surface area contributed by atoms with Gasteiger partial charge in [0.05, 0.1) is 0 Å². The van der Waals surface area contributed by atoms with E-state index in [0.717, 1.165) is 5.56 Å². The lowest BCUT2D eigenvalue weighted by atomic mass is 10.0. The van der Waals surface area contributed by atoms with E-state index in [4.69, 9.17) is 11.5 Å². The minimum absolute atomic E-state index is 0.00578. The number of carboxylic acid groups (broad SMARTS) is 1. The van der Waals surface area contributed by atoms with Crippen molar-refractivity contribution in [2.45, 2.75) is 62.7 Å². The Bertz CT molecular complexity index is 1270. The molecular weight excluding hydrogens is 542 g/mol. The first-order chi connectivity index (χ1) is 20.1. The number of carbonyl (C=O) groups excluding carboxylic acids is 4. The molecule has 13 heteroatoms. The smallest absolute Gasteiger partial charge is 0.326 e. The van der Waals surface area contributed by atoms with Gasteiger partial charge in [-0.15, -0.1) is 0 Å². The van der Waals surface area contributed by atoms with E-state index in [0.29, 0.717) is 12.0 Å². The summed E-state index contributed by atoms with van der Waals surface area (Å²) < 4.78 is 0. The Morgan fingerprint density at radius 2 is 1.48 bits per heavy atom. The van der Waals surface area contributed by atoms with Gasteiger partial charge in [0.15, 0.2) is 5.96 Å². The molecule has 4 atom stereocenters. The Morgan fingerprint density at radius 1 is 0.857 bits per heavy atom. The average molecular weight is 580 g/mol. The largest absolute Gasteiger partial charge is 0.480 e. The van der Waals surface area contributed by atoms with Crippen LogP contribution in [-0.4, -0.2) is 71.4 Å². The molecule has 1 saturated heterocycles. The van der Waals surface area contributed by atoms with Crippen LogP contribution in [0.3, 0.4) is 0 Å². The third-order valence-corrected chi connectivity index (χ3v) is 6.75. The van der Waals surface area contributed by atoms with Gasteiger partial charge in [0, 0.05) is 18.5 Å². The highest BCUT2D eigenvalue weighted by Gasteiger charge is 2.32. The summed E-state index contributed by atoms with van der Waals surface area (Å²) >= 11 is 0. The summed E-state index contributed by atoms with van der Waals surface area (Å²) in [7, 11) is 0. The van der Waals surface area contributed by atoms with Crippen molar-refractivity contribution in [3.8, 4) is 0 Å². The first-order valence-corrected chi connectivity index (χ1v) is 13.7. The lowest BCUT2D eigenvalue weighted by molar-refractivity contribution is -0.142. The Labute approximate surface area is 243 Å². The van der Waals surface area contributed by atoms with Crippen LogP contribution in [0.15, 0.2) is 65.7 Å². The average Bonchev–Trinajstić information content (AvgIpc) is 2.97. The Kier molecular flexibility index (Phi) is 11.8. The van der Waals surface area contributed by atoms with Gasteiger partial charge in [0.1, 0.15) is 24.2 Å². The number of rotatable bonds is 9. The molecule has 4 amide bonds. The highest BCUT2D eigenvalue weighted by molar-refractivity contribution is 5.99. The summed E-state index contributed by atoms with van der Waals surface area (Å²) in [5, 5.41) is 20.4. The van der Waals surface area contributed by atoms with E-state index in [1.807, 2.05) is 6.07 Å². The number of amides is 4. The van der Waals surface area contributed by atoms with Crippen LogP contribution in [0.2, 0.25) is 0 Å². The van der Waals surface area contributed by atoms with Gasteiger partial charge in [0.2, 0.25) is 17.7 Å². The lowest BCUT2D eigenvalue weighted by Crippen LogP contribution is -2.57. The molecule has 42 heavy (non-hydrogen) atoms. The van der Waals surface area contributed by atoms with Crippen LogP contribution in [0, 0.1) is 0 Å². The Hall–Kier alpha value is -4.94. The van der Waals surface area contributed by atoms with Gasteiger partial charge in [-0.1, -0.05) is 48.5 Å². The number of carbonyl (C=O) groups is 5. The van der Waals surface area contributed by atoms with E-state index in [9.17, 15) is 29.1 Å². The summed E-state index contributed by atoms with van der Waals surface area (Å²) in [6.45, 7) is 0.192. The first kappa shape index (κ1) is 31.6. The van der Waals surface area contributed by atoms with Gasteiger partial charge in [0.25, 0.3) is 5.91 Å². The number of nitrogens with one attached hydrogen (secondary N) is 4. The van der Waals surface area contributed by atoms with Crippen molar-refractivity contribution in [1.82, 2.24) is 21.3 Å². The molecule has 2 aromatic carbocycles. The third-order valence-electron chi connectivity index (χ3n) is 6.75. The summed E-state index contributed by atoms with van der Waals surface area (Å²) in [6, 6.07) is 12.8. The van der Waals surface area contributed by atoms with Gasteiger partial charge in [-0.3, -0.25) is 24.2 Å². The van der Waals surface area contributed by atoms with Crippen molar-refractivity contribution in [1.29, 1.82) is 0 Å². The number of benzene rings is 2. The van der Waals surface area contributed by atoms with E-state index in [1.165, 1.54) is 0 Å². The van der Waals surface area contributed by atoms with Crippen molar-refractivity contribution in [3.63, 3.8) is 0 Å². The lowest BCUT2D eigenvalue weighted by Gasteiger charge is -2.25. The van der Waals surface area contributed by atoms with Crippen LogP contribution < -0.4 is 32.7 Å². The molecule has 0 spiro atoms. The van der Waals surface area contributed by atoms with Crippen LogP contribution in [0.25, 0.3) is 0 Å². The number of aliphatic carboxylic acids is 1. The molecule has 3 rings (SSSR count). The van der Waals surface area contributed by atoms with Gasteiger partial charge in [-0.05, 0) is 49.8 Å². The quantitative estimate of drug-likeness (QED) is 0.120. The molecule has 2 aromatic rings. The maximum atomic E-state index is 13.6. The second-order valence-electron chi connectivity index (χ2n) is 9.98. The van der Waals surface area contributed by atoms with E-state index in [-0.39, 0.29) is 44.6 Å². The highest BCUT2D eigenvalue weighted by atomic mass is 16.4. The zero-order valence-electron chi connectivity index (χ0n) is 23.1. The molecule has 0 aromatic heterocycles. The number of nitrogens with zero attached hydrogens (tertiary/aromatic N) is 1. The van der Waals surface area contributed by atoms with Crippen LogP contribution in [0.4, 0.5) is 0 Å². The topological polar surface area (TPSA) is 218 Å². The second kappa shape index (κ2) is 15.7. The molecule has 1 heterocycles. The summed E-state index contributed by atoms with van der Waals surface area (Å²) in [6.07, 6.45) is 0.793. The van der Waals surface area contributed by atoms with E-state index < -0.39 is 53.8 Å². The number of hydrogen-bond acceptors (Lipinski definition) is 6. The van der Waals surface area contributed by atoms with Crippen LogP contribution in [-0.2, 0) is 25.6 Å². The van der Waals surface area contributed by atoms with Crippen LogP contribution >= 0.6 is 0 Å². The number of nitrogens with two attached hydrogens (primary N) is 2. The third kappa shape index (κ3) is 9.91. The zero-order chi connectivity index (χ0) is 30.5. The van der Waals surface area contributed by atoms with Crippen molar-refractivity contribution >= 4 is 35.6 Å². The van der Waals surface area contributed by atoms with Crippen molar-refractivity contribution in [2.24, 2.45) is 16.5 Å². The Morgan fingerprint density at radius 3 is 2.12 bits per heavy atom. The fraction of sp³-hybridized carbons (Fsp3) is 0.379. The van der Waals surface area contributed by atoms with Gasteiger partial charge < -0.3 is 37.8 Å². The molecule has 224 valence electrons. The van der Waals surface area contributed by atoms with Crippen molar-refractivity contribution < 1.29 is 29.1 Å². The molecule has 1 fully saturated rings. The van der Waals surface area contributed by atoms with Crippen molar-refractivity contribution in [2.75, 3.05) is 6.54 Å². The molecular formula is C29H37N7O6. The Balaban J connectivity index is 1.90. The van der Waals surface area contributed by atoms with E-state index in [1.54, 1.807) is 54.6 Å². The molecule has 1 aliphatic heterocycles. The number of carboxylic acids is 1. The molecule has 0 radical (unpaired) electrons. The standard InChI is InChI=1S/C29H37N7O6/c30-29(31)32-16-8-15-21-25(38)35-22(28(41)42)14-7-13-20(33-24(37)19-11-5-2-6-12-19)26(39)36-23(27(40)34-21)17-18-9-3-1-4-10-18/h1-6,9-12,20-23H,7-8,13-17H2,(H,33,37)(H,34,40)(H,35,38)(H,36,39)(H,41,42)(H4,30,31,32). The molecule has 13 nitrogen and oxygen atoms in total. The first-order valence-electron chi connectivity index (χ1n) is 13.7. The fourth-order valence-corrected chi connectivity index (χ4v) is 4.53. The summed E-state index contributed by atoms with van der Waals surface area (Å²) in [5.41, 5.74) is 11.8. The number of hydrogen-bond donors (Lipinski definition) is 7.